The predicted octanol–water partition coefficient (Wildman–Crippen LogP) is 6.57. The van der Waals surface area contributed by atoms with Crippen molar-refractivity contribution in [3.63, 3.8) is 0 Å². The van der Waals surface area contributed by atoms with Crippen LogP contribution in [0.2, 0.25) is 0 Å². The first-order chi connectivity index (χ1) is 18.5. The SMILES string of the molecule is Cc1c(-c2ccc(NC(=O)[C@@H](N)C(c3ccccc3)c3ccccc3)cc2F)cnn1Cc1ccccc1.Cl. The summed E-state index contributed by atoms with van der Waals surface area (Å²) in [6.45, 7) is 2.52. The lowest BCUT2D eigenvalue weighted by Crippen LogP contribution is -2.41. The second-order valence-electron chi connectivity index (χ2n) is 9.30. The van der Waals surface area contributed by atoms with Crippen LogP contribution in [-0.2, 0) is 11.3 Å². The minimum Gasteiger partial charge on any atom is -0.325 e. The second-order valence-corrected chi connectivity index (χ2v) is 9.30. The van der Waals surface area contributed by atoms with Crippen molar-refractivity contribution in [1.82, 2.24) is 9.78 Å². The van der Waals surface area contributed by atoms with Crippen molar-refractivity contribution in [3.05, 3.63) is 144 Å². The van der Waals surface area contributed by atoms with Gasteiger partial charge in [-0.05, 0) is 41.8 Å². The number of amides is 1. The molecule has 5 nitrogen and oxygen atoms in total. The maximum atomic E-state index is 15.3. The largest absolute Gasteiger partial charge is 0.325 e. The minimum atomic E-state index is -0.874. The van der Waals surface area contributed by atoms with Gasteiger partial charge in [0.2, 0.25) is 5.91 Å². The molecule has 0 aliphatic rings. The molecule has 3 N–H and O–H groups in total. The quantitative estimate of drug-likeness (QED) is 0.234. The molecule has 0 spiro atoms. The fourth-order valence-electron chi connectivity index (χ4n) is 4.74. The van der Waals surface area contributed by atoms with Crippen LogP contribution in [0.5, 0.6) is 0 Å². The molecule has 1 atom stereocenters. The Balaban J connectivity index is 0.00000353. The monoisotopic (exact) mass is 540 g/mol. The van der Waals surface area contributed by atoms with Crippen LogP contribution >= 0.6 is 12.4 Å². The number of halogens is 2. The maximum Gasteiger partial charge on any atom is 0.242 e. The number of carbonyl (C=O) groups is 1. The Hall–Kier alpha value is -4.26. The van der Waals surface area contributed by atoms with Gasteiger partial charge in [-0.15, -0.1) is 12.4 Å². The molecule has 7 heteroatoms. The lowest BCUT2D eigenvalue weighted by atomic mass is 9.85. The van der Waals surface area contributed by atoms with Crippen molar-refractivity contribution in [2.75, 3.05) is 5.32 Å². The van der Waals surface area contributed by atoms with E-state index in [9.17, 15) is 4.79 Å². The van der Waals surface area contributed by atoms with Gasteiger partial charge in [-0.3, -0.25) is 9.48 Å². The molecule has 1 aromatic heterocycles. The summed E-state index contributed by atoms with van der Waals surface area (Å²) in [6, 6.07) is 33.2. The Morgan fingerprint density at radius 3 is 2.00 bits per heavy atom. The molecule has 39 heavy (non-hydrogen) atoms. The number of nitrogens with one attached hydrogen (secondary N) is 1. The third-order valence-electron chi connectivity index (χ3n) is 6.78. The summed E-state index contributed by atoms with van der Waals surface area (Å²) < 4.78 is 17.1. The average Bonchev–Trinajstić information content (AvgIpc) is 3.30. The Kier molecular flexibility index (Phi) is 8.92. The number of nitrogens with zero attached hydrogens (tertiary/aromatic N) is 2. The van der Waals surface area contributed by atoms with Gasteiger partial charge in [-0.1, -0.05) is 91.0 Å². The van der Waals surface area contributed by atoms with Gasteiger partial charge in [0.25, 0.3) is 0 Å². The van der Waals surface area contributed by atoms with E-state index in [1.165, 1.54) is 6.07 Å². The summed E-state index contributed by atoms with van der Waals surface area (Å²) in [6.07, 6.45) is 1.68. The van der Waals surface area contributed by atoms with Crippen molar-refractivity contribution in [2.24, 2.45) is 5.73 Å². The number of aromatic nitrogens is 2. The molecule has 0 aliphatic heterocycles. The van der Waals surface area contributed by atoms with Crippen molar-refractivity contribution < 1.29 is 9.18 Å². The zero-order valence-electron chi connectivity index (χ0n) is 21.5. The van der Waals surface area contributed by atoms with Crippen LogP contribution in [0, 0.1) is 12.7 Å². The lowest BCUT2D eigenvalue weighted by Gasteiger charge is -2.24. The van der Waals surface area contributed by atoms with Crippen LogP contribution in [0.1, 0.15) is 28.3 Å². The summed E-state index contributed by atoms with van der Waals surface area (Å²) in [5, 5.41) is 7.27. The topological polar surface area (TPSA) is 72.9 Å². The number of hydrogen-bond donors (Lipinski definition) is 2. The van der Waals surface area contributed by atoms with Crippen molar-refractivity contribution in [1.29, 1.82) is 0 Å². The van der Waals surface area contributed by atoms with Gasteiger partial charge < -0.3 is 11.1 Å². The summed E-state index contributed by atoms with van der Waals surface area (Å²) in [7, 11) is 0. The van der Waals surface area contributed by atoms with Gasteiger partial charge in [-0.2, -0.15) is 5.10 Å². The van der Waals surface area contributed by atoms with E-state index >= 15 is 4.39 Å². The minimum absolute atomic E-state index is 0. The molecule has 1 heterocycles. The van der Waals surface area contributed by atoms with Crippen molar-refractivity contribution in [2.45, 2.75) is 25.4 Å². The summed E-state index contributed by atoms with van der Waals surface area (Å²) in [4.78, 5) is 13.2. The molecule has 0 unspecified atom stereocenters. The van der Waals surface area contributed by atoms with E-state index in [0.29, 0.717) is 23.4 Å². The molecular formula is C32H30ClFN4O. The zero-order valence-corrected chi connectivity index (χ0v) is 22.3. The van der Waals surface area contributed by atoms with Gasteiger partial charge in [0.1, 0.15) is 5.82 Å². The standard InChI is InChI=1S/C32H29FN4O.ClH/c1-22-28(20-35-37(22)21-23-11-5-2-6-12-23)27-18-17-26(19-29(27)33)36-32(38)31(34)30(24-13-7-3-8-14-24)25-15-9-4-10-16-25;/h2-20,30-31H,21,34H2,1H3,(H,36,38);1H/t31-;/m0./s1. The third-order valence-corrected chi connectivity index (χ3v) is 6.78. The number of carbonyl (C=O) groups excluding carboxylic acids is 1. The Morgan fingerprint density at radius 2 is 1.44 bits per heavy atom. The molecule has 0 fully saturated rings. The molecule has 0 radical (unpaired) electrons. The van der Waals surface area contributed by atoms with Crippen LogP contribution in [0.4, 0.5) is 10.1 Å². The maximum absolute atomic E-state index is 15.3. The number of anilines is 1. The van der Waals surface area contributed by atoms with Crippen LogP contribution in [-0.4, -0.2) is 21.7 Å². The van der Waals surface area contributed by atoms with E-state index in [2.05, 4.69) is 10.4 Å². The highest BCUT2D eigenvalue weighted by Crippen LogP contribution is 2.30. The second kappa shape index (κ2) is 12.5. The Labute approximate surface area is 233 Å². The smallest absolute Gasteiger partial charge is 0.242 e. The van der Waals surface area contributed by atoms with Crippen LogP contribution in [0.25, 0.3) is 11.1 Å². The molecule has 0 bridgehead atoms. The molecule has 4 aromatic carbocycles. The number of rotatable bonds is 8. The van der Waals surface area contributed by atoms with E-state index in [0.717, 1.165) is 22.4 Å². The van der Waals surface area contributed by atoms with Gasteiger partial charge in [0.15, 0.2) is 0 Å². The average molecular weight is 541 g/mol. The van der Waals surface area contributed by atoms with E-state index in [1.807, 2.05) is 103 Å². The van der Waals surface area contributed by atoms with Gasteiger partial charge in [0.05, 0.1) is 18.8 Å². The summed E-state index contributed by atoms with van der Waals surface area (Å²) in [5.41, 5.74) is 11.8. The van der Waals surface area contributed by atoms with E-state index in [-0.39, 0.29) is 24.2 Å². The molecule has 198 valence electrons. The van der Waals surface area contributed by atoms with Crippen LogP contribution in [0.15, 0.2) is 115 Å². The van der Waals surface area contributed by atoms with Crippen molar-refractivity contribution >= 4 is 24.0 Å². The van der Waals surface area contributed by atoms with E-state index in [1.54, 1.807) is 18.3 Å². The molecule has 0 saturated heterocycles. The van der Waals surface area contributed by atoms with Gasteiger partial charge >= 0.3 is 0 Å². The predicted molar refractivity (Wildman–Crippen MR) is 156 cm³/mol. The normalized spacial score (nSPS) is 11.6. The van der Waals surface area contributed by atoms with Crippen LogP contribution in [0.3, 0.4) is 0 Å². The molecule has 5 aromatic rings. The van der Waals surface area contributed by atoms with Gasteiger partial charge in [0, 0.05) is 28.4 Å². The lowest BCUT2D eigenvalue weighted by molar-refractivity contribution is -0.117. The molecule has 0 aliphatic carbocycles. The fourth-order valence-corrected chi connectivity index (χ4v) is 4.74. The molecular weight excluding hydrogens is 511 g/mol. The van der Waals surface area contributed by atoms with E-state index in [4.69, 9.17) is 5.73 Å². The highest BCUT2D eigenvalue weighted by molar-refractivity contribution is 5.96. The highest BCUT2D eigenvalue weighted by Gasteiger charge is 2.28. The molecule has 0 saturated carbocycles. The Morgan fingerprint density at radius 1 is 0.872 bits per heavy atom. The Bertz CT molecular complexity index is 1480. The number of benzene rings is 4. The first kappa shape index (κ1) is 27.8. The number of hydrogen-bond acceptors (Lipinski definition) is 3. The summed E-state index contributed by atoms with van der Waals surface area (Å²) in [5.74, 6) is -1.18. The van der Waals surface area contributed by atoms with Gasteiger partial charge in [-0.25, -0.2) is 4.39 Å². The number of nitrogens with two attached hydrogens (primary N) is 1. The zero-order chi connectivity index (χ0) is 26.5. The van der Waals surface area contributed by atoms with E-state index < -0.39 is 11.9 Å². The fraction of sp³-hybridized carbons (Fsp3) is 0.125. The third kappa shape index (κ3) is 6.25. The first-order valence-corrected chi connectivity index (χ1v) is 12.5. The highest BCUT2D eigenvalue weighted by atomic mass is 35.5. The van der Waals surface area contributed by atoms with Crippen LogP contribution < -0.4 is 11.1 Å². The first-order valence-electron chi connectivity index (χ1n) is 12.5. The summed E-state index contributed by atoms with van der Waals surface area (Å²) >= 11 is 0. The van der Waals surface area contributed by atoms with Crippen molar-refractivity contribution in [3.8, 4) is 11.1 Å². The molecule has 5 rings (SSSR count). The molecule has 1 amide bonds.